The normalized spacial score (nSPS) is 13.7. The summed E-state index contributed by atoms with van der Waals surface area (Å²) < 4.78 is 40.5. The molecular weight excluding hydrogens is 393 g/mol. The Kier molecular flexibility index (Phi) is 5.12. The van der Waals surface area contributed by atoms with Crippen LogP contribution < -0.4 is 4.80 Å². The maximum Gasteiger partial charge on any atom is 0.416 e. The number of aryl methyl sites for hydroxylation is 1. The van der Waals surface area contributed by atoms with Gasteiger partial charge in [0.05, 0.1) is 15.8 Å². The molecule has 146 valence electrons. The number of carbonyl (C=O) groups excluding carboxylic acids is 1. The molecule has 0 saturated carbocycles. The van der Waals surface area contributed by atoms with Gasteiger partial charge in [-0.1, -0.05) is 29.0 Å². The number of carbonyl (C=O) groups is 2. The summed E-state index contributed by atoms with van der Waals surface area (Å²) in [5, 5.41) is 9.38. The van der Waals surface area contributed by atoms with Crippen LogP contribution in [0.25, 0.3) is 10.2 Å². The van der Waals surface area contributed by atoms with Gasteiger partial charge in [-0.2, -0.15) is 18.2 Å². The first-order chi connectivity index (χ1) is 13.1. The van der Waals surface area contributed by atoms with Crippen LogP contribution in [0.3, 0.4) is 0 Å². The lowest BCUT2D eigenvalue weighted by molar-refractivity contribution is -0.140. The minimum atomic E-state index is -4.53. The third-order valence-corrected chi connectivity index (χ3v) is 5.21. The SMILES string of the molecule is Cc1ccc(C(=O)N=c2sc3cc(C(F)(F)F)ccc3n2C(C)C(=O)O)cc1. The van der Waals surface area contributed by atoms with Crippen molar-refractivity contribution in [1.82, 2.24) is 4.57 Å². The van der Waals surface area contributed by atoms with Gasteiger partial charge >= 0.3 is 12.1 Å². The average molecular weight is 408 g/mol. The Morgan fingerprint density at radius 1 is 1.14 bits per heavy atom. The van der Waals surface area contributed by atoms with E-state index in [2.05, 4.69) is 4.99 Å². The van der Waals surface area contributed by atoms with E-state index in [0.717, 1.165) is 29.0 Å². The highest BCUT2D eigenvalue weighted by molar-refractivity contribution is 7.16. The van der Waals surface area contributed by atoms with Crippen molar-refractivity contribution in [2.45, 2.75) is 26.1 Å². The zero-order valence-electron chi connectivity index (χ0n) is 14.8. The number of carboxylic acid groups (broad SMARTS) is 1. The van der Waals surface area contributed by atoms with Gasteiger partial charge in [0.2, 0.25) is 0 Å². The molecule has 1 amide bonds. The van der Waals surface area contributed by atoms with E-state index in [1.54, 1.807) is 24.3 Å². The summed E-state index contributed by atoms with van der Waals surface area (Å²) >= 11 is 0.838. The lowest BCUT2D eigenvalue weighted by atomic mass is 10.1. The van der Waals surface area contributed by atoms with Crippen LogP contribution >= 0.6 is 11.3 Å². The van der Waals surface area contributed by atoms with Gasteiger partial charge in [-0.25, -0.2) is 4.79 Å². The van der Waals surface area contributed by atoms with E-state index in [-0.39, 0.29) is 15.0 Å². The number of aromatic nitrogens is 1. The second-order valence-electron chi connectivity index (χ2n) is 6.23. The van der Waals surface area contributed by atoms with Crippen molar-refractivity contribution in [2.75, 3.05) is 0 Å². The summed E-state index contributed by atoms with van der Waals surface area (Å²) in [7, 11) is 0. The lowest BCUT2D eigenvalue weighted by Gasteiger charge is -2.11. The van der Waals surface area contributed by atoms with Gasteiger partial charge in [-0.3, -0.25) is 4.79 Å². The number of amides is 1. The third-order valence-electron chi connectivity index (χ3n) is 4.19. The number of carboxylic acids is 1. The number of halogens is 3. The Balaban J connectivity index is 2.22. The van der Waals surface area contributed by atoms with Crippen LogP contribution in [0.4, 0.5) is 13.2 Å². The highest BCUT2D eigenvalue weighted by atomic mass is 32.1. The van der Waals surface area contributed by atoms with Crippen molar-refractivity contribution in [3.8, 4) is 0 Å². The van der Waals surface area contributed by atoms with Crippen molar-refractivity contribution in [1.29, 1.82) is 0 Å². The molecule has 3 rings (SSSR count). The molecule has 9 heteroatoms. The predicted molar refractivity (Wildman–Crippen MR) is 98.2 cm³/mol. The molecule has 28 heavy (non-hydrogen) atoms. The molecule has 1 atom stereocenters. The maximum absolute atomic E-state index is 13.0. The van der Waals surface area contributed by atoms with Crippen LogP contribution in [0.15, 0.2) is 47.5 Å². The van der Waals surface area contributed by atoms with Gasteiger partial charge in [-0.05, 0) is 44.2 Å². The van der Waals surface area contributed by atoms with E-state index >= 15 is 0 Å². The molecule has 0 aliphatic heterocycles. The number of hydrogen-bond donors (Lipinski definition) is 1. The Labute approximate surface area is 161 Å². The van der Waals surface area contributed by atoms with Crippen LogP contribution in [-0.2, 0) is 11.0 Å². The van der Waals surface area contributed by atoms with Crippen molar-refractivity contribution in [2.24, 2.45) is 4.99 Å². The highest BCUT2D eigenvalue weighted by Gasteiger charge is 2.31. The van der Waals surface area contributed by atoms with Crippen LogP contribution in [-0.4, -0.2) is 21.6 Å². The van der Waals surface area contributed by atoms with E-state index in [1.165, 1.54) is 17.6 Å². The van der Waals surface area contributed by atoms with Crippen LogP contribution in [0.1, 0.15) is 34.5 Å². The van der Waals surface area contributed by atoms with Crippen LogP contribution in [0.5, 0.6) is 0 Å². The zero-order chi connectivity index (χ0) is 20.6. The van der Waals surface area contributed by atoms with E-state index in [1.807, 2.05) is 6.92 Å². The zero-order valence-corrected chi connectivity index (χ0v) is 15.6. The third kappa shape index (κ3) is 3.84. The van der Waals surface area contributed by atoms with E-state index in [9.17, 15) is 27.9 Å². The molecule has 0 bridgehead atoms. The average Bonchev–Trinajstić information content (AvgIpc) is 2.97. The summed E-state index contributed by atoms with van der Waals surface area (Å²) in [6.45, 7) is 3.24. The Hall–Kier alpha value is -2.94. The summed E-state index contributed by atoms with van der Waals surface area (Å²) in [5.74, 6) is -1.79. The molecule has 0 saturated heterocycles. The summed E-state index contributed by atoms with van der Waals surface area (Å²) in [6.07, 6.45) is -4.53. The quantitative estimate of drug-likeness (QED) is 0.698. The number of hydrogen-bond acceptors (Lipinski definition) is 3. The van der Waals surface area contributed by atoms with Gasteiger partial charge in [0.1, 0.15) is 6.04 Å². The number of thiazole rings is 1. The minimum absolute atomic E-state index is 0.0230. The fraction of sp³-hybridized carbons (Fsp3) is 0.211. The number of rotatable bonds is 3. The van der Waals surface area contributed by atoms with Gasteiger partial charge in [0, 0.05) is 5.56 Å². The monoisotopic (exact) mass is 408 g/mol. The van der Waals surface area contributed by atoms with E-state index < -0.39 is 29.7 Å². The van der Waals surface area contributed by atoms with Crippen molar-refractivity contribution >= 4 is 33.4 Å². The molecule has 1 unspecified atom stereocenters. The number of nitrogens with zero attached hydrogens (tertiary/aromatic N) is 2. The molecule has 0 radical (unpaired) electrons. The van der Waals surface area contributed by atoms with Crippen molar-refractivity contribution in [3.63, 3.8) is 0 Å². The fourth-order valence-electron chi connectivity index (χ4n) is 2.63. The van der Waals surface area contributed by atoms with E-state index in [0.29, 0.717) is 5.56 Å². The minimum Gasteiger partial charge on any atom is -0.480 e. The molecule has 0 aliphatic rings. The Morgan fingerprint density at radius 2 is 1.79 bits per heavy atom. The van der Waals surface area contributed by atoms with Gasteiger partial charge in [0.25, 0.3) is 5.91 Å². The Bertz CT molecular complexity index is 1130. The maximum atomic E-state index is 13.0. The van der Waals surface area contributed by atoms with Crippen LogP contribution in [0.2, 0.25) is 0 Å². The molecular formula is C19H15F3N2O3S. The first-order valence-corrected chi connectivity index (χ1v) is 9.00. The number of aliphatic carboxylic acids is 1. The van der Waals surface area contributed by atoms with E-state index in [4.69, 9.17) is 0 Å². The summed E-state index contributed by atoms with van der Waals surface area (Å²) in [4.78, 5) is 28.0. The van der Waals surface area contributed by atoms with Crippen LogP contribution in [0, 0.1) is 6.92 Å². The standard InChI is InChI=1S/C19H15F3N2O3S/c1-10-3-5-12(6-4-10)16(25)23-18-24(11(2)17(26)27)14-8-7-13(19(20,21)22)9-15(14)28-18/h3-9,11H,1-2H3,(H,26,27). The molecule has 0 fully saturated rings. The van der Waals surface area contributed by atoms with Crippen molar-refractivity contribution in [3.05, 3.63) is 64.0 Å². The molecule has 2 aromatic carbocycles. The Morgan fingerprint density at radius 3 is 2.36 bits per heavy atom. The molecule has 0 aliphatic carbocycles. The molecule has 5 nitrogen and oxygen atoms in total. The predicted octanol–water partition coefficient (Wildman–Crippen LogP) is 4.42. The molecule has 1 N–H and O–H groups in total. The number of benzene rings is 2. The molecule has 3 aromatic rings. The van der Waals surface area contributed by atoms with Gasteiger partial charge in [0.15, 0.2) is 4.80 Å². The van der Waals surface area contributed by atoms with Gasteiger partial charge in [-0.15, -0.1) is 0 Å². The molecule has 0 spiro atoms. The number of alkyl halides is 3. The molecule has 1 heterocycles. The highest BCUT2D eigenvalue weighted by Crippen LogP contribution is 2.32. The van der Waals surface area contributed by atoms with Crippen molar-refractivity contribution < 1.29 is 27.9 Å². The first kappa shape index (κ1) is 19.8. The topological polar surface area (TPSA) is 71.7 Å². The first-order valence-electron chi connectivity index (χ1n) is 8.19. The number of fused-ring (bicyclic) bond motifs is 1. The largest absolute Gasteiger partial charge is 0.480 e. The molecule has 1 aromatic heterocycles. The summed E-state index contributed by atoms with van der Waals surface area (Å²) in [6, 6.07) is 8.53. The fourth-order valence-corrected chi connectivity index (χ4v) is 3.77. The second kappa shape index (κ2) is 7.23. The lowest BCUT2D eigenvalue weighted by Crippen LogP contribution is -2.25. The second-order valence-corrected chi connectivity index (χ2v) is 7.24. The van der Waals surface area contributed by atoms with Gasteiger partial charge < -0.3 is 9.67 Å². The summed E-state index contributed by atoms with van der Waals surface area (Å²) in [5.41, 5.74) is 0.664. The smallest absolute Gasteiger partial charge is 0.416 e.